The van der Waals surface area contributed by atoms with Crippen LogP contribution in [0.4, 0.5) is 8.78 Å². The molecule has 2 heterocycles. The SMILES string of the molecule is Fc1c(Cl)c(F)c(Cl)c(-n2c[n+]3c(n2)CO[C@H]2Cc4ccccc4[C@H]23)c1Cl. The number of fused-ring (bicyclic) bond motifs is 5. The maximum Gasteiger partial charge on any atom is 0.304 e. The van der Waals surface area contributed by atoms with Gasteiger partial charge in [-0.25, -0.2) is 13.3 Å². The number of hydrogen-bond donors (Lipinski definition) is 0. The van der Waals surface area contributed by atoms with Crippen LogP contribution in [0.15, 0.2) is 30.6 Å². The van der Waals surface area contributed by atoms with E-state index in [1.807, 2.05) is 22.8 Å². The normalized spacial score (nSPS) is 20.3. The quantitative estimate of drug-likeness (QED) is 0.325. The lowest BCUT2D eigenvalue weighted by atomic mass is 10.1. The predicted molar refractivity (Wildman–Crippen MR) is 95.6 cm³/mol. The van der Waals surface area contributed by atoms with E-state index in [-0.39, 0.29) is 24.4 Å². The van der Waals surface area contributed by atoms with E-state index in [0.29, 0.717) is 5.82 Å². The van der Waals surface area contributed by atoms with Crippen molar-refractivity contribution in [3.05, 3.63) is 74.2 Å². The van der Waals surface area contributed by atoms with Crippen LogP contribution in [-0.4, -0.2) is 15.9 Å². The minimum atomic E-state index is -1.07. The molecule has 2 atom stereocenters. The summed E-state index contributed by atoms with van der Waals surface area (Å²) < 4.78 is 37.5. The number of hydrogen-bond acceptors (Lipinski definition) is 2. The van der Waals surface area contributed by atoms with Crippen molar-refractivity contribution in [2.45, 2.75) is 25.2 Å². The summed E-state index contributed by atoms with van der Waals surface area (Å²) in [6.07, 6.45) is 2.41. The molecule has 3 aromatic rings. The summed E-state index contributed by atoms with van der Waals surface area (Å²) in [6.45, 7) is 0.274. The first-order chi connectivity index (χ1) is 13.0. The van der Waals surface area contributed by atoms with Crippen LogP contribution < -0.4 is 4.57 Å². The fraction of sp³-hybridized carbons (Fsp3) is 0.222. The second-order valence-corrected chi connectivity index (χ2v) is 7.63. The lowest BCUT2D eigenvalue weighted by Gasteiger charge is -2.23. The van der Waals surface area contributed by atoms with Crippen LogP contribution in [0.3, 0.4) is 0 Å². The van der Waals surface area contributed by atoms with Crippen molar-refractivity contribution in [3.63, 3.8) is 0 Å². The molecule has 0 N–H and O–H groups in total. The zero-order chi connectivity index (χ0) is 18.9. The van der Waals surface area contributed by atoms with Crippen molar-refractivity contribution in [2.75, 3.05) is 0 Å². The van der Waals surface area contributed by atoms with Gasteiger partial charge in [0.25, 0.3) is 0 Å². The zero-order valence-corrected chi connectivity index (χ0v) is 15.9. The fourth-order valence-electron chi connectivity index (χ4n) is 3.82. The monoisotopic (exact) mass is 428 g/mol. The average molecular weight is 430 g/mol. The summed E-state index contributed by atoms with van der Waals surface area (Å²) in [5.74, 6) is -1.54. The summed E-state index contributed by atoms with van der Waals surface area (Å²) in [5, 5.41) is 2.87. The topological polar surface area (TPSA) is 30.9 Å². The van der Waals surface area contributed by atoms with E-state index in [9.17, 15) is 8.78 Å². The molecule has 138 valence electrons. The highest BCUT2D eigenvalue weighted by Crippen LogP contribution is 2.39. The molecule has 0 saturated heterocycles. The molecule has 2 aromatic carbocycles. The maximum absolute atomic E-state index is 14.2. The summed E-state index contributed by atoms with van der Waals surface area (Å²) in [7, 11) is 0. The molecular formula is C18H11Cl3F2N3O+. The number of aromatic nitrogens is 3. The van der Waals surface area contributed by atoms with E-state index in [2.05, 4.69) is 11.2 Å². The van der Waals surface area contributed by atoms with Crippen molar-refractivity contribution in [3.8, 4) is 5.69 Å². The summed E-state index contributed by atoms with van der Waals surface area (Å²) in [4.78, 5) is 0. The van der Waals surface area contributed by atoms with Crippen LogP contribution >= 0.6 is 34.8 Å². The van der Waals surface area contributed by atoms with Gasteiger partial charge in [-0.2, -0.15) is 0 Å². The molecule has 0 fully saturated rings. The van der Waals surface area contributed by atoms with Crippen LogP contribution in [0.5, 0.6) is 0 Å². The average Bonchev–Trinajstić information content (AvgIpc) is 3.25. The molecule has 0 amide bonds. The van der Waals surface area contributed by atoms with Crippen molar-refractivity contribution in [2.24, 2.45) is 0 Å². The van der Waals surface area contributed by atoms with Gasteiger partial charge in [-0.3, -0.25) is 0 Å². The smallest absolute Gasteiger partial charge is 0.304 e. The first-order valence-electron chi connectivity index (χ1n) is 8.18. The Labute approximate surface area is 167 Å². The van der Waals surface area contributed by atoms with E-state index in [0.717, 1.165) is 12.0 Å². The van der Waals surface area contributed by atoms with Gasteiger partial charge >= 0.3 is 5.82 Å². The highest BCUT2D eigenvalue weighted by Gasteiger charge is 2.43. The van der Waals surface area contributed by atoms with Gasteiger partial charge in [0.05, 0.1) is 0 Å². The number of halogens is 5. The van der Waals surface area contributed by atoms with Crippen molar-refractivity contribution >= 4 is 34.8 Å². The van der Waals surface area contributed by atoms with Crippen LogP contribution in [0.1, 0.15) is 23.0 Å². The highest BCUT2D eigenvalue weighted by molar-refractivity contribution is 6.41. The van der Waals surface area contributed by atoms with Gasteiger partial charge < -0.3 is 4.74 Å². The molecule has 2 aliphatic rings. The second kappa shape index (κ2) is 6.14. The third kappa shape index (κ3) is 2.44. The van der Waals surface area contributed by atoms with Crippen LogP contribution in [0, 0.1) is 11.6 Å². The third-order valence-electron chi connectivity index (χ3n) is 5.04. The number of rotatable bonds is 1. The van der Waals surface area contributed by atoms with Gasteiger partial charge in [-0.1, -0.05) is 63.8 Å². The fourth-order valence-corrected chi connectivity index (χ4v) is 4.71. The van der Waals surface area contributed by atoms with Crippen molar-refractivity contribution in [1.29, 1.82) is 0 Å². The molecule has 0 spiro atoms. The number of ether oxygens (including phenoxy) is 1. The largest absolute Gasteiger partial charge is 0.363 e. The Balaban J connectivity index is 1.68. The summed E-state index contributed by atoms with van der Waals surface area (Å²) in [6, 6.07) is 8.00. The Hall–Kier alpha value is -1.73. The molecule has 0 bridgehead atoms. The number of benzene rings is 2. The van der Waals surface area contributed by atoms with E-state index in [1.165, 1.54) is 10.2 Å². The van der Waals surface area contributed by atoms with Crippen LogP contribution in [-0.2, 0) is 17.8 Å². The summed E-state index contributed by atoms with van der Waals surface area (Å²) >= 11 is 17.7. The standard InChI is InChI=1S/C18H11Cl3F2N3O/c19-12-15(22)13(20)18(14(21)16(12)23)26-7-25-11(24-26)6-27-10-5-8-3-1-2-4-9(8)17(10)25/h1-4,7,10,17H,5-6H2/q+1/t10-,17+/m0/s1. The van der Waals surface area contributed by atoms with Gasteiger partial charge in [0.1, 0.15) is 33.8 Å². The molecule has 0 unspecified atom stereocenters. The molecule has 1 aliphatic carbocycles. The lowest BCUT2D eigenvalue weighted by Crippen LogP contribution is -2.51. The van der Waals surface area contributed by atoms with E-state index >= 15 is 0 Å². The Bertz CT molecular complexity index is 1070. The minimum Gasteiger partial charge on any atom is -0.363 e. The van der Waals surface area contributed by atoms with Gasteiger partial charge in [0.15, 0.2) is 17.3 Å². The molecule has 27 heavy (non-hydrogen) atoms. The number of nitrogens with zero attached hydrogens (tertiary/aromatic N) is 3. The molecule has 1 aliphatic heterocycles. The van der Waals surface area contributed by atoms with Crippen LogP contribution in [0.25, 0.3) is 5.69 Å². The third-order valence-corrected chi connectivity index (χ3v) is 6.07. The van der Waals surface area contributed by atoms with Crippen molar-refractivity contribution < 1.29 is 18.1 Å². The second-order valence-electron chi connectivity index (χ2n) is 6.50. The maximum atomic E-state index is 14.2. The summed E-state index contributed by atoms with van der Waals surface area (Å²) in [5.41, 5.74) is 2.25. The first-order valence-corrected chi connectivity index (χ1v) is 9.31. The van der Waals surface area contributed by atoms with E-state index < -0.39 is 26.7 Å². The Morgan fingerprint density at radius 1 is 1.07 bits per heavy atom. The zero-order valence-electron chi connectivity index (χ0n) is 13.6. The van der Waals surface area contributed by atoms with Gasteiger partial charge in [-0.15, -0.1) is 0 Å². The molecule has 9 heteroatoms. The molecule has 5 rings (SSSR count). The molecular weight excluding hydrogens is 419 g/mol. The molecule has 0 radical (unpaired) electrons. The molecule has 1 aromatic heterocycles. The van der Waals surface area contributed by atoms with Gasteiger partial charge in [-0.05, 0) is 11.1 Å². The first kappa shape index (κ1) is 17.4. The van der Waals surface area contributed by atoms with Crippen LogP contribution in [0.2, 0.25) is 15.1 Å². The highest BCUT2D eigenvalue weighted by atomic mass is 35.5. The van der Waals surface area contributed by atoms with E-state index in [4.69, 9.17) is 39.5 Å². The van der Waals surface area contributed by atoms with Gasteiger partial charge in [0.2, 0.25) is 6.33 Å². The molecule has 0 saturated carbocycles. The van der Waals surface area contributed by atoms with Gasteiger partial charge in [0, 0.05) is 11.5 Å². The Morgan fingerprint density at radius 3 is 2.52 bits per heavy atom. The molecule has 4 nitrogen and oxygen atoms in total. The lowest BCUT2D eigenvalue weighted by molar-refractivity contribution is -0.739. The minimum absolute atomic E-state index is 0.0258. The Kier molecular flexibility index (Phi) is 3.95. The Morgan fingerprint density at radius 2 is 1.78 bits per heavy atom. The predicted octanol–water partition coefficient (Wildman–Crippen LogP) is 4.44. The van der Waals surface area contributed by atoms with Crippen molar-refractivity contribution in [1.82, 2.24) is 9.78 Å². The van der Waals surface area contributed by atoms with E-state index in [1.54, 1.807) is 6.33 Å².